The van der Waals surface area contributed by atoms with E-state index >= 15 is 0 Å². The largest absolute Gasteiger partial charge is 0.465 e. The van der Waals surface area contributed by atoms with Crippen molar-refractivity contribution in [2.45, 2.75) is 27.3 Å². The van der Waals surface area contributed by atoms with Crippen molar-refractivity contribution < 1.29 is 23.3 Å². The maximum atomic E-state index is 13.4. The summed E-state index contributed by atoms with van der Waals surface area (Å²) in [6, 6.07) is 11.2. The molecular weight excluding hydrogens is 410 g/mol. The van der Waals surface area contributed by atoms with Crippen molar-refractivity contribution in [1.82, 2.24) is 15.0 Å². The van der Waals surface area contributed by atoms with Gasteiger partial charge in [0.2, 0.25) is 0 Å². The third-order valence-electron chi connectivity index (χ3n) is 5.31. The quantitative estimate of drug-likeness (QED) is 0.428. The highest BCUT2D eigenvalue weighted by atomic mass is 16.5. The van der Waals surface area contributed by atoms with Gasteiger partial charge in [0.25, 0.3) is 11.6 Å². The highest BCUT2D eigenvalue weighted by Gasteiger charge is 2.23. The fraction of sp³-hybridized carbons (Fsp3) is 0.250. The van der Waals surface area contributed by atoms with E-state index in [0.717, 1.165) is 11.1 Å². The molecule has 0 aliphatic carbocycles. The smallest absolute Gasteiger partial charge is 0.341 e. The molecule has 3 aromatic heterocycles. The second-order valence-electron chi connectivity index (χ2n) is 7.70. The van der Waals surface area contributed by atoms with Gasteiger partial charge in [-0.25, -0.2) is 9.78 Å². The van der Waals surface area contributed by atoms with Gasteiger partial charge in [0.1, 0.15) is 17.1 Å². The number of carbonyl (C=O) groups excluding carboxylic acids is 2. The van der Waals surface area contributed by atoms with Gasteiger partial charge < -0.3 is 18.6 Å². The molecule has 0 N–H and O–H groups in total. The van der Waals surface area contributed by atoms with Crippen LogP contribution in [0.3, 0.4) is 0 Å². The Bertz CT molecular complexity index is 1320. The Morgan fingerprint density at radius 2 is 1.78 bits per heavy atom. The topological polar surface area (TPSA) is 98.7 Å². The molecule has 0 saturated carbocycles. The molecule has 4 rings (SSSR count). The molecule has 32 heavy (non-hydrogen) atoms. The lowest BCUT2D eigenvalue weighted by atomic mass is 10.0. The number of rotatable bonds is 5. The zero-order valence-electron chi connectivity index (χ0n) is 18.6. The van der Waals surface area contributed by atoms with Crippen LogP contribution in [0.15, 0.2) is 45.3 Å². The van der Waals surface area contributed by atoms with E-state index in [2.05, 4.69) is 10.1 Å². The summed E-state index contributed by atoms with van der Waals surface area (Å²) < 4.78 is 15.8. The lowest BCUT2D eigenvalue weighted by Crippen LogP contribution is -2.26. The van der Waals surface area contributed by atoms with Crippen molar-refractivity contribution in [3.63, 3.8) is 0 Å². The van der Waals surface area contributed by atoms with Gasteiger partial charge in [0.15, 0.2) is 0 Å². The van der Waals surface area contributed by atoms with Gasteiger partial charge in [-0.2, -0.15) is 0 Å². The minimum Gasteiger partial charge on any atom is -0.465 e. The first-order valence-electron chi connectivity index (χ1n) is 10.1. The molecule has 0 atom stereocenters. The zero-order valence-corrected chi connectivity index (χ0v) is 18.6. The number of aryl methyl sites for hydroxylation is 3. The van der Waals surface area contributed by atoms with Gasteiger partial charge in [0.05, 0.1) is 36.0 Å². The number of hydrogen-bond acceptors (Lipinski definition) is 7. The first-order chi connectivity index (χ1) is 15.3. The van der Waals surface area contributed by atoms with Crippen molar-refractivity contribution in [1.29, 1.82) is 0 Å². The van der Waals surface area contributed by atoms with E-state index in [4.69, 9.17) is 13.7 Å². The SMILES string of the molecule is COC(=O)c1cc(CN(C)C(=O)c2cc(-c3ccc(C)cc3)nc3onc(C)c23)oc1C. The van der Waals surface area contributed by atoms with Crippen LogP contribution in [0.2, 0.25) is 0 Å². The molecule has 4 aromatic rings. The van der Waals surface area contributed by atoms with Gasteiger partial charge in [-0.1, -0.05) is 35.0 Å². The summed E-state index contributed by atoms with van der Waals surface area (Å²) in [4.78, 5) is 31.3. The molecule has 0 unspecified atom stereocenters. The molecule has 0 radical (unpaired) electrons. The normalized spacial score (nSPS) is 11.0. The second-order valence-corrected chi connectivity index (χ2v) is 7.70. The molecule has 0 aliphatic rings. The third kappa shape index (κ3) is 3.87. The van der Waals surface area contributed by atoms with Crippen molar-refractivity contribution in [3.8, 4) is 11.3 Å². The average Bonchev–Trinajstić information content (AvgIpc) is 3.34. The van der Waals surface area contributed by atoms with Crippen LogP contribution in [-0.4, -0.2) is 41.1 Å². The molecule has 1 amide bonds. The van der Waals surface area contributed by atoms with Crippen LogP contribution in [0.25, 0.3) is 22.4 Å². The molecule has 1 aromatic carbocycles. The molecule has 0 fully saturated rings. The molecule has 0 bridgehead atoms. The molecule has 164 valence electrons. The summed E-state index contributed by atoms with van der Waals surface area (Å²) in [6.45, 7) is 5.63. The predicted molar refractivity (Wildman–Crippen MR) is 117 cm³/mol. The molecule has 8 heteroatoms. The summed E-state index contributed by atoms with van der Waals surface area (Å²) in [6.07, 6.45) is 0. The van der Waals surface area contributed by atoms with Crippen LogP contribution in [-0.2, 0) is 11.3 Å². The molecule has 0 saturated heterocycles. The second kappa shape index (κ2) is 8.30. The summed E-state index contributed by atoms with van der Waals surface area (Å²) >= 11 is 0. The lowest BCUT2D eigenvalue weighted by molar-refractivity contribution is 0.0598. The van der Waals surface area contributed by atoms with Gasteiger partial charge in [-0.3, -0.25) is 4.79 Å². The maximum absolute atomic E-state index is 13.4. The lowest BCUT2D eigenvalue weighted by Gasteiger charge is -2.17. The van der Waals surface area contributed by atoms with Crippen LogP contribution in [0.5, 0.6) is 0 Å². The fourth-order valence-corrected chi connectivity index (χ4v) is 3.58. The highest BCUT2D eigenvalue weighted by Crippen LogP contribution is 2.28. The number of carbonyl (C=O) groups is 2. The standard InChI is InChI=1S/C24H23N3O5/c1-13-6-8-16(9-7-13)20-11-19(21-14(2)26-32-22(21)25-20)23(28)27(4)12-17-10-18(15(3)31-17)24(29)30-5/h6-11H,12H2,1-5H3. The van der Waals surface area contributed by atoms with Gasteiger partial charge in [-0.05, 0) is 32.9 Å². The van der Waals surface area contributed by atoms with Gasteiger partial charge in [0, 0.05) is 12.6 Å². The molecule has 0 aliphatic heterocycles. The van der Waals surface area contributed by atoms with Crippen molar-refractivity contribution in [3.05, 3.63) is 70.3 Å². The van der Waals surface area contributed by atoms with Crippen LogP contribution < -0.4 is 0 Å². The van der Waals surface area contributed by atoms with Crippen LogP contribution in [0.4, 0.5) is 0 Å². The van der Waals surface area contributed by atoms with E-state index in [1.165, 1.54) is 12.0 Å². The minimum absolute atomic E-state index is 0.171. The van der Waals surface area contributed by atoms with E-state index < -0.39 is 5.97 Å². The number of aromatic nitrogens is 2. The molecular formula is C24H23N3O5. The number of nitrogens with zero attached hydrogens (tertiary/aromatic N) is 3. The van der Waals surface area contributed by atoms with E-state index in [1.54, 1.807) is 33.0 Å². The first kappa shape index (κ1) is 21.3. The minimum atomic E-state index is -0.481. The van der Waals surface area contributed by atoms with E-state index in [0.29, 0.717) is 45.1 Å². The summed E-state index contributed by atoms with van der Waals surface area (Å²) in [7, 11) is 2.98. The number of pyridine rings is 1. The number of furan rings is 1. The molecule has 3 heterocycles. The molecule has 0 spiro atoms. The Morgan fingerprint density at radius 3 is 2.47 bits per heavy atom. The summed E-state index contributed by atoms with van der Waals surface area (Å²) in [5.74, 6) is 0.191. The van der Waals surface area contributed by atoms with Gasteiger partial charge >= 0.3 is 5.97 Å². The number of hydrogen-bond donors (Lipinski definition) is 0. The summed E-state index contributed by atoms with van der Waals surface area (Å²) in [5.41, 5.74) is 4.27. The van der Waals surface area contributed by atoms with Crippen molar-refractivity contribution in [2.24, 2.45) is 0 Å². The Morgan fingerprint density at radius 1 is 1.06 bits per heavy atom. The fourth-order valence-electron chi connectivity index (χ4n) is 3.58. The van der Waals surface area contributed by atoms with E-state index in [-0.39, 0.29) is 12.5 Å². The Kier molecular flexibility index (Phi) is 5.52. The maximum Gasteiger partial charge on any atom is 0.341 e. The van der Waals surface area contributed by atoms with Crippen LogP contribution in [0.1, 0.15) is 43.5 Å². The van der Waals surface area contributed by atoms with Crippen molar-refractivity contribution in [2.75, 3.05) is 14.2 Å². The summed E-state index contributed by atoms with van der Waals surface area (Å²) in [5, 5.41) is 4.57. The number of benzene rings is 1. The Labute approximate surface area is 184 Å². The number of amides is 1. The van der Waals surface area contributed by atoms with Crippen LogP contribution in [0, 0.1) is 20.8 Å². The predicted octanol–water partition coefficient (Wildman–Crippen LogP) is 4.47. The van der Waals surface area contributed by atoms with E-state index in [1.807, 2.05) is 31.2 Å². The molecule has 8 nitrogen and oxygen atoms in total. The first-order valence-corrected chi connectivity index (χ1v) is 10.1. The Hall–Kier alpha value is -3.94. The van der Waals surface area contributed by atoms with E-state index in [9.17, 15) is 9.59 Å². The number of methoxy groups -OCH3 is 1. The zero-order chi connectivity index (χ0) is 23.0. The monoisotopic (exact) mass is 433 g/mol. The number of esters is 1. The Balaban J connectivity index is 1.70. The average molecular weight is 433 g/mol. The number of fused-ring (bicyclic) bond motifs is 1. The third-order valence-corrected chi connectivity index (χ3v) is 5.31. The van der Waals surface area contributed by atoms with Crippen molar-refractivity contribution >= 4 is 23.0 Å². The highest BCUT2D eigenvalue weighted by molar-refractivity contribution is 6.06. The number of ether oxygens (including phenoxy) is 1. The van der Waals surface area contributed by atoms with Crippen LogP contribution >= 0.6 is 0 Å². The van der Waals surface area contributed by atoms with Gasteiger partial charge in [-0.15, -0.1) is 0 Å².